The monoisotopic (exact) mass is 407 g/mol. The van der Waals surface area contributed by atoms with Crippen molar-refractivity contribution in [2.24, 2.45) is 7.05 Å². The van der Waals surface area contributed by atoms with Crippen molar-refractivity contribution in [3.8, 4) is 11.7 Å². The van der Waals surface area contributed by atoms with E-state index in [1.807, 2.05) is 31.2 Å². The van der Waals surface area contributed by atoms with E-state index in [-0.39, 0.29) is 23.8 Å². The topological polar surface area (TPSA) is 120 Å². The Morgan fingerprint density at radius 2 is 2.03 bits per heavy atom. The highest BCUT2D eigenvalue weighted by Crippen LogP contribution is 2.17. The number of benzene rings is 1. The van der Waals surface area contributed by atoms with Crippen molar-refractivity contribution in [1.82, 2.24) is 29.5 Å². The molecule has 30 heavy (non-hydrogen) atoms. The highest BCUT2D eigenvalue weighted by molar-refractivity contribution is 5.91. The van der Waals surface area contributed by atoms with E-state index >= 15 is 0 Å². The van der Waals surface area contributed by atoms with Gasteiger partial charge in [0.1, 0.15) is 17.0 Å². The zero-order valence-corrected chi connectivity index (χ0v) is 16.8. The Bertz CT molecular complexity index is 1270. The van der Waals surface area contributed by atoms with E-state index in [1.54, 1.807) is 20.0 Å². The van der Waals surface area contributed by atoms with Crippen molar-refractivity contribution in [3.63, 3.8) is 0 Å². The maximum absolute atomic E-state index is 12.6. The van der Waals surface area contributed by atoms with Crippen LogP contribution in [0.2, 0.25) is 0 Å². The van der Waals surface area contributed by atoms with E-state index in [9.17, 15) is 9.59 Å². The van der Waals surface area contributed by atoms with Crippen LogP contribution in [-0.2, 0) is 18.3 Å². The molecule has 1 aromatic carbocycles. The van der Waals surface area contributed by atoms with Gasteiger partial charge in [0.25, 0.3) is 5.56 Å². The molecule has 3 heterocycles. The lowest BCUT2D eigenvalue weighted by atomic mass is 10.1. The number of nitrogens with one attached hydrogen (secondary N) is 2. The van der Waals surface area contributed by atoms with E-state index in [4.69, 9.17) is 4.74 Å². The summed E-state index contributed by atoms with van der Waals surface area (Å²) in [5, 5.41) is 11.6. The number of aromatic nitrogens is 6. The largest absolute Gasteiger partial charge is 0.494 e. The third-order valence-electron chi connectivity index (χ3n) is 4.49. The van der Waals surface area contributed by atoms with Crippen LogP contribution >= 0.6 is 0 Å². The second-order valence-electron chi connectivity index (χ2n) is 6.78. The molecule has 0 spiro atoms. The van der Waals surface area contributed by atoms with Crippen molar-refractivity contribution >= 4 is 22.8 Å². The van der Waals surface area contributed by atoms with Gasteiger partial charge >= 0.3 is 0 Å². The molecule has 10 heteroatoms. The zero-order valence-electron chi connectivity index (χ0n) is 16.8. The SMILES string of the molecule is CCOc1ccc(CC(=O)Nc2cc(C)nn2-c2nc3c(cnn3C)c(=O)[nH]2)cc1. The summed E-state index contributed by atoms with van der Waals surface area (Å²) in [6.07, 6.45) is 1.64. The minimum Gasteiger partial charge on any atom is -0.494 e. The summed E-state index contributed by atoms with van der Waals surface area (Å²) in [5.41, 5.74) is 1.61. The molecule has 0 aliphatic rings. The smallest absolute Gasteiger partial charge is 0.263 e. The predicted octanol–water partition coefficient (Wildman–Crippen LogP) is 1.73. The average molecular weight is 407 g/mol. The molecule has 0 radical (unpaired) electrons. The first-order valence-electron chi connectivity index (χ1n) is 9.45. The Morgan fingerprint density at radius 1 is 1.27 bits per heavy atom. The number of anilines is 1. The molecule has 0 saturated carbocycles. The Balaban J connectivity index is 1.58. The van der Waals surface area contributed by atoms with Crippen molar-refractivity contribution < 1.29 is 9.53 Å². The van der Waals surface area contributed by atoms with Crippen LogP contribution in [0.4, 0.5) is 5.82 Å². The Kier molecular flexibility index (Phi) is 5.05. The first-order chi connectivity index (χ1) is 14.4. The summed E-state index contributed by atoms with van der Waals surface area (Å²) in [4.78, 5) is 32.1. The molecular formula is C20H21N7O3. The van der Waals surface area contributed by atoms with Crippen LogP contribution in [-0.4, -0.2) is 42.0 Å². The molecule has 0 atom stereocenters. The predicted molar refractivity (Wildman–Crippen MR) is 111 cm³/mol. The van der Waals surface area contributed by atoms with Crippen molar-refractivity contribution in [2.75, 3.05) is 11.9 Å². The van der Waals surface area contributed by atoms with Crippen LogP contribution in [0.3, 0.4) is 0 Å². The van der Waals surface area contributed by atoms with Crippen molar-refractivity contribution in [3.05, 3.63) is 58.1 Å². The number of aryl methyl sites for hydroxylation is 2. The maximum atomic E-state index is 12.6. The average Bonchev–Trinajstić information content (AvgIpc) is 3.26. The quantitative estimate of drug-likeness (QED) is 0.502. The first kappa shape index (κ1) is 19.4. The highest BCUT2D eigenvalue weighted by atomic mass is 16.5. The number of hydrogen-bond acceptors (Lipinski definition) is 6. The Hall–Kier alpha value is -3.95. The summed E-state index contributed by atoms with van der Waals surface area (Å²) < 4.78 is 8.33. The molecular weight excluding hydrogens is 386 g/mol. The minimum absolute atomic E-state index is 0.182. The number of carbonyl (C=O) groups excluding carboxylic acids is 1. The lowest BCUT2D eigenvalue weighted by Crippen LogP contribution is -2.20. The van der Waals surface area contributed by atoms with Crippen LogP contribution in [0, 0.1) is 6.92 Å². The number of rotatable bonds is 6. The van der Waals surface area contributed by atoms with Gasteiger partial charge in [0.2, 0.25) is 11.9 Å². The minimum atomic E-state index is -0.331. The second-order valence-corrected chi connectivity index (χ2v) is 6.78. The standard InChI is InChI=1S/C20H21N7O3/c1-4-30-14-7-5-13(6-8-14)10-17(28)22-16-9-12(2)25-27(16)20-23-18-15(19(29)24-20)11-21-26(18)3/h5-9,11H,4,10H2,1-3H3,(H,22,28)(H,23,24,29). The van der Waals surface area contributed by atoms with Crippen LogP contribution in [0.25, 0.3) is 17.0 Å². The summed E-state index contributed by atoms with van der Waals surface area (Å²) >= 11 is 0. The van der Waals surface area contributed by atoms with Gasteiger partial charge in [0.05, 0.1) is 24.9 Å². The lowest BCUT2D eigenvalue weighted by Gasteiger charge is -2.09. The van der Waals surface area contributed by atoms with Crippen LogP contribution in [0.1, 0.15) is 18.2 Å². The fraction of sp³-hybridized carbons (Fsp3) is 0.250. The third kappa shape index (κ3) is 3.79. The molecule has 10 nitrogen and oxygen atoms in total. The molecule has 4 rings (SSSR count). The van der Waals surface area contributed by atoms with Gasteiger partial charge in [-0.05, 0) is 31.5 Å². The molecule has 0 bridgehead atoms. The number of amides is 1. The van der Waals surface area contributed by atoms with Crippen LogP contribution in [0.15, 0.2) is 41.3 Å². The number of carbonyl (C=O) groups is 1. The van der Waals surface area contributed by atoms with E-state index < -0.39 is 0 Å². The fourth-order valence-corrected chi connectivity index (χ4v) is 3.11. The Morgan fingerprint density at radius 3 is 2.77 bits per heavy atom. The Labute approximate surface area is 171 Å². The molecule has 3 aromatic heterocycles. The number of H-pyrrole nitrogens is 1. The van der Waals surface area contributed by atoms with Gasteiger partial charge in [-0.15, -0.1) is 0 Å². The van der Waals surface area contributed by atoms with Gasteiger partial charge in [-0.3, -0.25) is 19.3 Å². The van der Waals surface area contributed by atoms with E-state index in [0.29, 0.717) is 29.2 Å². The van der Waals surface area contributed by atoms with Crippen molar-refractivity contribution in [1.29, 1.82) is 0 Å². The van der Waals surface area contributed by atoms with Crippen molar-refractivity contribution in [2.45, 2.75) is 20.3 Å². The molecule has 1 amide bonds. The van der Waals surface area contributed by atoms with E-state index in [1.165, 1.54) is 15.6 Å². The lowest BCUT2D eigenvalue weighted by molar-refractivity contribution is -0.115. The zero-order chi connectivity index (χ0) is 21.3. The maximum Gasteiger partial charge on any atom is 0.263 e. The summed E-state index contributed by atoms with van der Waals surface area (Å²) in [6, 6.07) is 9.07. The molecule has 0 unspecified atom stereocenters. The molecule has 4 aromatic rings. The molecule has 0 fully saturated rings. The second kappa shape index (κ2) is 7.82. The third-order valence-corrected chi connectivity index (χ3v) is 4.49. The van der Waals surface area contributed by atoms with Gasteiger partial charge in [-0.2, -0.15) is 19.9 Å². The molecule has 154 valence electrons. The molecule has 0 aliphatic carbocycles. The number of fused-ring (bicyclic) bond motifs is 1. The van der Waals surface area contributed by atoms with Gasteiger partial charge in [0.15, 0.2) is 5.65 Å². The van der Waals surface area contributed by atoms with Crippen LogP contribution in [0.5, 0.6) is 5.75 Å². The fourth-order valence-electron chi connectivity index (χ4n) is 3.11. The van der Waals surface area contributed by atoms with Gasteiger partial charge in [-0.1, -0.05) is 12.1 Å². The molecule has 0 aliphatic heterocycles. The molecule has 2 N–H and O–H groups in total. The van der Waals surface area contributed by atoms with E-state index in [2.05, 4.69) is 25.5 Å². The summed E-state index contributed by atoms with van der Waals surface area (Å²) in [6.45, 7) is 4.30. The number of nitrogens with zero attached hydrogens (tertiary/aromatic N) is 5. The van der Waals surface area contributed by atoms with Gasteiger partial charge < -0.3 is 10.1 Å². The summed E-state index contributed by atoms with van der Waals surface area (Å²) in [5.74, 6) is 1.15. The molecule has 0 saturated heterocycles. The van der Waals surface area contributed by atoms with E-state index in [0.717, 1.165) is 11.3 Å². The van der Waals surface area contributed by atoms with Gasteiger partial charge in [0, 0.05) is 13.1 Å². The summed E-state index contributed by atoms with van der Waals surface area (Å²) in [7, 11) is 1.70. The number of ether oxygens (including phenoxy) is 1. The first-order valence-corrected chi connectivity index (χ1v) is 9.45. The van der Waals surface area contributed by atoms with Crippen LogP contribution < -0.4 is 15.6 Å². The van der Waals surface area contributed by atoms with Gasteiger partial charge in [-0.25, -0.2) is 0 Å². The number of aromatic amines is 1. The normalized spacial score (nSPS) is 11.0. The number of hydrogen-bond donors (Lipinski definition) is 2. The highest BCUT2D eigenvalue weighted by Gasteiger charge is 2.16.